The number of amides is 1. The first-order valence-corrected chi connectivity index (χ1v) is 9.07. The van der Waals surface area contributed by atoms with E-state index in [0.29, 0.717) is 13.1 Å². The topological polar surface area (TPSA) is 87.1 Å². The Morgan fingerprint density at radius 2 is 1.34 bits per heavy atom. The zero-order chi connectivity index (χ0) is 20.6. The van der Waals surface area contributed by atoms with Crippen molar-refractivity contribution in [2.45, 2.75) is 13.1 Å². The van der Waals surface area contributed by atoms with Crippen molar-refractivity contribution in [1.29, 1.82) is 0 Å². The van der Waals surface area contributed by atoms with Gasteiger partial charge in [0.25, 0.3) is 5.91 Å². The monoisotopic (exact) mass is 391 g/mol. The Labute approximate surface area is 168 Å². The fourth-order valence-electron chi connectivity index (χ4n) is 2.83. The molecule has 2 N–H and O–H groups in total. The van der Waals surface area contributed by atoms with Crippen LogP contribution in [0.3, 0.4) is 0 Å². The zero-order valence-corrected chi connectivity index (χ0v) is 15.7. The van der Waals surface area contributed by atoms with E-state index in [1.54, 1.807) is 4.90 Å². The molecule has 0 saturated heterocycles. The molecule has 0 heterocycles. The Morgan fingerprint density at radius 1 is 0.793 bits per heavy atom. The van der Waals surface area contributed by atoms with Crippen LogP contribution in [-0.4, -0.2) is 33.6 Å². The third-order valence-corrected chi connectivity index (χ3v) is 4.31. The summed E-state index contributed by atoms with van der Waals surface area (Å²) in [6.07, 6.45) is 0. The van der Waals surface area contributed by atoms with Gasteiger partial charge in [0.15, 0.2) is 6.61 Å². The molecular weight excluding hydrogens is 370 g/mol. The van der Waals surface area contributed by atoms with E-state index in [2.05, 4.69) is 0 Å². The second-order valence-corrected chi connectivity index (χ2v) is 6.50. The molecule has 1 amide bonds. The van der Waals surface area contributed by atoms with Gasteiger partial charge in [-0.1, -0.05) is 60.7 Å². The normalized spacial score (nSPS) is 10.3. The summed E-state index contributed by atoms with van der Waals surface area (Å²) in [7, 11) is 0. The number of ether oxygens (including phenoxy) is 1. The van der Waals surface area contributed by atoms with Crippen LogP contribution in [0.25, 0.3) is 0 Å². The van der Waals surface area contributed by atoms with Crippen molar-refractivity contribution in [3.63, 3.8) is 0 Å². The maximum Gasteiger partial charge on any atom is 0.342 e. The second-order valence-electron chi connectivity index (χ2n) is 6.50. The number of esters is 1. The molecule has 0 aliphatic rings. The summed E-state index contributed by atoms with van der Waals surface area (Å²) in [5, 5.41) is 19.1. The Hall–Kier alpha value is -3.80. The van der Waals surface area contributed by atoms with Crippen LogP contribution in [0.2, 0.25) is 0 Å². The van der Waals surface area contributed by atoms with E-state index in [9.17, 15) is 19.8 Å². The van der Waals surface area contributed by atoms with Crippen LogP contribution < -0.4 is 0 Å². The first kappa shape index (κ1) is 19.9. The molecule has 0 radical (unpaired) electrons. The van der Waals surface area contributed by atoms with E-state index in [1.807, 2.05) is 60.7 Å². The number of hydrogen-bond acceptors (Lipinski definition) is 5. The van der Waals surface area contributed by atoms with Gasteiger partial charge in [0.05, 0.1) is 0 Å². The fourth-order valence-corrected chi connectivity index (χ4v) is 2.83. The maximum absolute atomic E-state index is 12.8. The molecular formula is C23H21NO5. The molecule has 148 valence electrons. The first-order valence-electron chi connectivity index (χ1n) is 9.07. The van der Waals surface area contributed by atoms with Crippen molar-refractivity contribution in [2.75, 3.05) is 6.61 Å². The third-order valence-electron chi connectivity index (χ3n) is 4.31. The lowest BCUT2D eigenvalue weighted by Gasteiger charge is -2.23. The smallest absolute Gasteiger partial charge is 0.342 e. The molecule has 3 rings (SSSR count). The molecule has 0 aliphatic heterocycles. The summed E-state index contributed by atoms with van der Waals surface area (Å²) < 4.78 is 5.10. The number of benzene rings is 3. The van der Waals surface area contributed by atoms with Gasteiger partial charge in [0, 0.05) is 19.2 Å². The van der Waals surface area contributed by atoms with Crippen LogP contribution in [0.5, 0.6) is 11.5 Å². The van der Waals surface area contributed by atoms with Crippen molar-refractivity contribution in [1.82, 2.24) is 4.90 Å². The van der Waals surface area contributed by atoms with Gasteiger partial charge in [0.2, 0.25) is 0 Å². The molecule has 0 unspecified atom stereocenters. The third kappa shape index (κ3) is 5.59. The molecule has 6 nitrogen and oxygen atoms in total. The molecule has 0 aliphatic carbocycles. The number of carbonyl (C=O) groups excluding carboxylic acids is 2. The zero-order valence-electron chi connectivity index (χ0n) is 15.7. The molecule has 0 bridgehead atoms. The standard InChI is InChI=1S/C23H21NO5/c25-19-11-12-20(21(26)13-19)23(28)29-16-22(27)24(14-17-7-3-1-4-8-17)15-18-9-5-2-6-10-18/h1-13,25-26H,14-16H2. The summed E-state index contributed by atoms with van der Waals surface area (Å²) in [5.74, 6) is -1.78. The SMILES string of the molecule is O=C(OCC(=O)N(Cc1ccccc1)Cc1ccccc1)c1ccc(O)cc1O. The van der Waals surface area contributed by atoms with E-state index >= 15 is 0 Å². The molecule has 0 atom stereocenters. The fraction of sp³-hybridized carbons (Fsp3) is 0.130. The molecule has 0 aromatic heterocycles. The van der Waals surface area contributed by atoms with Gasteiger partial charge < -0.3 is 19.8 Å². The number of phenols is 2. The maximum atomic E-state index is 12.8. The highest BCUT2D eigenvalue weighted by atomic mass is 16.5. The van der Waals surface area contributed by atoms with Crippen LogP contribution >= 0.6 is 0 Å². The van der Waals surface area contributed by atoms with Crippen LogP contribution in [0.15, 0.2) is 78.9 Å². The average Bonchev–Trinajstić information content (AvgIpc) is 2.73. The van der Waals surface area contributed by atoms with E-state index in [4.69, 9.17) is 4.74 Å². The van der Waals surface area contributed by atoms with Crippen molar-refractivity contribution in [2.24, 2.45) is 0 Å². The minimum atomic E-state index is -0.838. The van der Waals surface area contributed by atoms with Gasteiger partial charge in [-0.15, -0.1) is 0 Å². The van der Waals surface area contributed by atoms with Gasteiger partial charge in [-0.25, -0.2) is 4.79 Å². The molecule has 29 heavy (non-hydrogen) atoms. The minimum Gasteiger partial charge on any atom is -0.508 e. The first-order chi connectivity index (χ1) is 14.0. The van der Waals surface area contributed by atoms with Gasteiger partial charge in [-0.2, -0.15) is 0 Å². The lowest BCUT2D eigenvalue weighted by atomic mass is 10.1. The molecule has 0 spiro atoms. The van der Waals surface area contributed by atoms with Gasteiger partial charge >= 0.3 is 5.97 Å². The highest BCUT2D eigenvalue weighted by Gasteiger charge is 2.19. The Bertz CT molecular complexity index is 932. The summed E-state index contributed by atoms with van der Waals surface area (Å²) >= 11 is 0. The van der Waals surface area contributed by atoms with Crippen molar-refractivity contribution in [3.8, 4) is 11.5 Å². The van der Waals surface area contributed by atoms with Crippen LogP contribution in [0, 0.1) is 0 Å². The highest BCUT2D eigenvalue weighted by molar-refractivity contribution is 5.94. The largest absolute Gasteiger partial charge is 0.508 e. The van der Waals surface area contributed by atoms with E-state index in [1.165, 1.54) is 12.1 Å². The van der Waals surface area contributed by atoms with Crippen LogP contribution in [0.4, 0.5) is 0 Å². The Kier molecular flexibility index (Phi) is 6.47. The lowest BCUT2D eigenvalue weighted by Crippen LogP contribution is -2.33. The van der Waals surface area contributed by atoms with Crippen LogP contribution in [-0.2, 0) is 22.6 Å². The summed E-state index contributed by atoms with van der Waals surface area (Å²) in [4.78, 5) is 26.6. The number of phenolic OH excluding ortho intramolecular Hbond substituents is 2. The van der Waals surface area contributed by atoms with Crippen molar-refractivity contribution in [3.05, 3.63) is 95.6 Å². The average molecular weight is 391 g/mol. The Morgan fingerprint density at radius 3 is 1.86 bits per heavy atom. The summed E-state index contributed by atoms with van der Waals surface area (Å²) in [6, 6.07) is 22.6. The van der Waals surface area contributed by atoms with Crippen molar-refractivity contribution < 1.29 is 24.5 Å². The minimum absolute atomic E-state index is 0.117. The Balaban J connectivity index is 1.69. The quantitative estimate of drug-likeness (QED) is 0.602. The van der Waals surface area contributed by atoms with Gasteiger partial charge in [-0.3, -0.25) is 4.79 Å². The van der Waals surface area contributed by atoms with Gasteiger partial charge in [-0.05, 0) is 23.3 Å². The number of rotatable bonds is 7. The van der Waals surface area contributed by atoms with Gasteiger partial charge in [0.1, 0.15) is 17.1 Å². The second kappa shape index (κ2) is 9.41. The molecule has 6 heteroatoms. The van der Waals surface area contributed by atoms with E-state index in [0.717, 1.165) is 17.2 Å². The molecule has 0 saturated carbocycles. The van der Waals surface area contributed by atoms with E-state index in [-0.39, 0.29) is 17.2 Å². The molecule has 3 aromatic rings. The number of hydrogen-bond donors (Lipinski definition) is 2. The molecule has 0 fully saturated rings. The predicted molar refractivity (Wildman–Crippen MR) is 107 cm³/mol. The highest BCUT2D eigenvalue weighted by Crippen LogP contribution is 2.23. The molecule has 3 aromatic carbocycles. The van der Waals surface area contributed by atoms with Crippen LogP contribution in [0.1, 0.15) is 21.5 Å². The number of carbonyl (C=O) groups is 2. The number of aromatic hydroxyl groups is 2. The van der Waals surface area contributed by atoms with Crippen molar-refractivity contribution >= 4 is 11.9 Å². The predicted octanol–water partition coefficient (Wildman–Crippen LogP) is 3.48. The summed E-state index contributed by atoms with van der Waals surface area (Å²) in [6.45, 7) is 0.284. The van der Waals surface area contributed by atoms with E-state index < -0.39 is 18.3 Å². The number of nitrogens with zero attached hydrogens (tertiary/aromatic N) is 1. The lowest BCUT2D eigenvalue weighted by molar-refractivity contribution is -0.135. The summed E-state index contributed by atoms with van der Waals surface area (Å²) in [5.41, 5.74) is 1.80.